The zero-order valence-corrected chi connectivity index (χ0v) is 13.2. The highest BCUT2D eigenvalue weighted by Crippen LogP contribution is 2.22. The number of rotatable bonds is 5. The molecule has 0 saturated heterocycles. The van der Waals surface area contributed by atoms with Crippen molar-refractivity contribution in [2.75, 3.05) is 7.11 Å². The highest BCUT2D eigenvalue weighted by Gasteiger charge is 2.10. The molecule has 4 nitrogen and oxygen atoms in total. The third-order valence-corrected chi connectivity index (χ3v) is 3.30. The van der Waals surface area contributed by atoms with E-state index in [4.69, 9.17) is 21.6 Å². The van der Waals surface area contributed by atoms with Crippen LogP contribution in [0.1, 0.15) is 11.1 Å². The Labute approximate surface area is 139 Å². The SMILES string of the molecule is COC(=O)/C(C#N)=C/c1ccccc1OCc1ccc(Cl)cc1. The number of carbonyl (C=O) groups is 1. The van der Waals surface area contributed by atoms with Gasteiger partial charge in [0.15, 0.2) is 0 Å². The van der Waals surface area contributed by atoms with E-state index in [0.717, 1.165) is 5.56 Å². The number of nitrogens with zero attached hydrogens (tertiary/aromatic N) is 1. The molecule has 0 saturated carbocycles. The fourth-order valence-electron chi connectivity index (χ4n) is 1.88. The molecule has 5 heteroatoms. The lowest BCUT2D eigenvalue weighted by molar-refractivity contribution is -0.135. The predicted molar refractivity (Wildman–Crippen MR) is 87.8 cm³/mol. The molecule has 0 spiro atoms. The number of hydrogen-bond acceptors (Lipinski definition) is 4. The Morgan fingerprint density at radius 1 is 1.22 bits per heavy atom. The Bertz CT molecular complexity index is 761. The number of methoxy groups -OCH3 is 1. The number of carbonyl (C=O) groups excluding carboxylic acids is 1. The molecule has 0 aliphatic heterocycles. The first kappa shape index (κ1) is 16.6. The molecule has 23 heavy (non-hydrogen) atoms. The normalized spacial score (nSPS) is 10.7. The highest BCUT2D eigenvalue weighted by molar-refractivity contribution is 6.30. The first-order valence-electron chi connectivity index (χ1n) is 6.80. The molecule has 0 amide bonds. The minimum absolute atomic E-state index is 0.0879. The summed E-state index contributed by atoms with van der Waals surface area (Å²) in [7, 11) is 1.23. The molecular formula is C18H14ClNO3. The Hall–Kier alpha value is -2.77. The zero-order valence-electron chi connectivity index (χ0n) is 12.5. The summed E-state index contributed by atoms with van der Waals surface area (Å²) in [5, 5.41) is 9.70. The van der Waals surface area contributed by atoms with Gasteiger partial charge in [-0.25, -0.2) is 4.79 Å². The molecule has 2 aromatic rings. The maximum atomic E-state index is 11.5. The molecule has 2 rings (SSSR count). The summed E-state index contributed by atoms with van der Waals surface area (Å²) in [6.45, 7) is 0.349. The van der Waals surface area contributed by atoms with Gasteiger partial charge in [-0.05, 0) is 29.8 Å². The van der Waals surface area contributed by atoms with E-state index in [0.29, 0.717) is 22.9 Å². The van der Waals surface area contributed by atoms with Crippen molar-refractivity contribution < 1.29 is 14.3 Å². The van der Waals surface area contributed by atoms with Crippen molar-refractivity contribution in [3.8, 4) is 11.8 Å². The van der Waals surface area contributed by atoms with E-state index in [-0.39, 0.29) is 5.57 Å². The molecule has 0 aliphatic rings. The summed E-state index contributed by atoms with van der Waals surface area (Å²) in [4.78, 5) is 11.5. The van der Waals surface area contributed by atoms with Crippen LogP contribution in [0.3, 0.4) is 0 Å². The first-order valence-corrected chi connectivity index (χ1v) is 7.18. The van der Waals surface area contributed by atoms with Gasteiger partial charge in [-0.15, -0.1) is 0 Å². The topological polar surface area (TPSA) is 59.3 Å². The Morgan fingerprint density at radius 2 is 1.91 bits per heavy atom. The fourth-order valence-corrected chi connectivity index (χ4v) is 2.00. The number of para-hydroxylation sites is 1. The van der Waals surface area contributed by atoms with Crippen LogP contribution in [0, 0.1) is 11.3 Å². The van der Waals surface area contributed by atoms with Crippen LogP contribution in [0.15, 0.2) is 54.1 Å². The Morgan fingerprint density at radius 3 is 2.57 bits per heavy atom. The maximum absolute atomic E-state index is 11.5. The Kier molecular flexibility index (Phi) is 5.79. The van der Waals surface area contributed by atoms with Gasteiger partial charge >= 0.3 is 5.97 Å². The van der Waals surface area contributed by atoms with Crippen LogP contribution in [0.2, 0.25) is 5.02 Å². The summed E-state index contributed by atoms with van der Waals surface area (Å²) >= 11 is 5.85. The van der Waals surface area contributed by atoms with E-state index >= 15 is 0 Å². The summed E-state index contributed by atoms with van der Waals surface area (Å²) in [6, 6.07) is 16.3. The van der Waals surface area contributed by atoms with Gasteiger partial charge < -0.3 is 9.47 Å². The van der Waals surface area contributed by atoms with E-state index in [9.17, 15) is 4.79 Å². The summed E-state index contributed by atoms with van der Waals surface area (Å²) < 4.78 is 10.3. The first-order chi connectivity index (χ1) is 11.1. The molecule has 0 unspecified atom stereocenters. The van der Waals surface area contributed by atoms with Crippen LogP contribution in [0.25, 0.3) is 6.08 Å². The lowest BCUT2D eigenvalue weighted by Gasteiger charge is -2.09. The van der Waals surface area contributed by atoms with Crippen molar-refractivity contribution in [3.05, 3.63) is 70.3 Å². The number of benzene rings is 2. The largest absolute Gasteiger partial charge is 0.488 e. The molecular weight excluding hydrogens is 314 g/mol. The molecule has 0 atom stereocenters. The second-order valence-electron chi connectivity index (χ2n) is 4.61. The molecule has 116 valence electrons. The quantitative estimate of drug-likeness (QED) is 0.473. The average molecular weight is 328 g/mol. The van der Waals surface area contributed by atoms with E-state index in [1.807, 2.05) is 24.3 Å². The number of nitriles is 1. The van der Waals surface area contributed by atoms with Crippen LogP contribution < -0.4 is 4.74 Å². The molecule has 0 aromatic heterocycles. The van der Waals surface area contributed by atoms with E-state index in [2.05, 4.69) is 4.74 Å². The van der Waals surface area contributed by atoms with Gasteiger partial charge in [0.1, 0.15) is 24.0 Å². The van der Waals surface area contributed by atoms with Crippen molar-refractivity contribution in [2.24, 2.45) is 0 Å². The van der Waals surface area contributed by atoms with Gasteiger partial charge in [-0.2, -0.15) is 5.26 Å². The molecule has 0 fully saturated rings. The van der Waals surface area contributed by atoms with Gasteiger partial charge in [-0.3, -0.25) is 0 Å². The monoisotopic (exact) mass is 327 g/mol. The van der Waals surface area contributed by atoms with Crippen molar-refractivity contribution in [1.82, 2.24) is 0 Å². The second-order valence-corrected chi connectivity index (χ2v) is 5.05. The molecule has 0 radical (unpaired) electrons. The van der Waals surface area contributed by atoms with Gasteiger partial charge in [0.25, 0.3) is 0 Å². The summed E-state index contributed by atoms with van der Waals surface area (Å²) in [6.07, 6.45) is 1.45. The van der Waals surface area contributed by atoms with Crippen molar-refractivity contribution in [2.45, 2.75) is 6.61 Å². The van der Waals surface area contributed by atoms with E-state index in [1.165, 1.54) is 13.2 Å². The minimum Gasteiger partial charge on any atom is -0.488 e. The number of ether oxygens (including phenoxy) is 2. The average Bonchev–Trinajstić information content (AvgIpc) is 2.59. The summed E-state index contributed by atoms with van der Waals surface area (Å²) in [5.41, 5.74) is 1.50. The Balaban J connectivity index is 2.20. The predicted octanol–water partition coefficient (Wildman–Crippen LogP) is 4.00. The van der Waals surface area contributed by atoms with Gasteiger partial charge in [0.05, 0.1) is 7.11 Å². The number of halogens is 1. The van der Waals surface area contributed by atoms with Gasteiger partial charge in [0, 0.05) is 10.6 Å². The molecule has 0 bridgehead atoms. The molecule has 2 aromatic carbocycles. The summed E-state index contributed by atoms with van der Waals surface area (Å²) in [5.74, 6) is -0.112. The van der Waals surface area contributed by atoms with Crippen LogP contribution >= 0.6 is 11.6 Å². The molecule has 0 aliphatic carbocycles. The second kappa shape index (κ2) is 8.02. The van der Waals surface area contributed by atoms with Crippen LogP contribution in [-0.2, 0) is 16.1 Å². The van der Waals surface area contributed by atoms with Gasteiger partial charge in [-0.1, -0.05) is 41.9 Å². The van der Waals surface area contributed by atoms with Crippen LogP contribution in [-0.4, -0.2) is 13.1 Å². The number of hydrogen-bond donors (Lipinski definition) is 0. The van der Waals surface area contributed by atoms with E-state index in [1.54, 1.807) is 30.3 Å². The standard InChI is InChI=1S/C18H14ClNO3/c1-22-18(21)15(11-20)10-14-4-2-3-5-17(14)23-12-13-6-8-16(19)9-7-13/h2-10H,12H2,1H3/b15-10+. The minimum atomic E-state index is -0.681. The molecule has 0 heterocycles. The van der Waals surface area contributed by atoms with Crippen molar-refractivity contribution in [3.63, 3.8) is 0 Å². The fraction of sp³-hybridized carbons (Fsp3) is 0.111. The maximum Gasteiger partial charge on any atom is 0.348 e. The van der Waals surface area contributed by atoms with Crippen molar-refractivity contribution >= 4 is 23.6 Å². The van der Waals surface area contributed by atoms with E-state index < -0.39 is 5.97 Å². The molecule has 0 N–H and O–H groups in total. The third-order valence-electron chi connectivity index (χ3n) is 3.05. The lowest BCUT2D eigenvalue weighted by atomic mass is 10.1. The smallest absolute Gasteiger partial charge is 0.348 e. The van der Waals surface area contributed by atoms with Crippen LogP contribution in [0.4, 0.5) is 0 Å². The zero-order chi connectivity index (χ0) is 16.7. The lowest BCUT2D eigenvalue weighted by Crippen LogP contribution is -2.03. The van der Waals surface area contributed by atoms with Crippen LogP contribution in [0.5, 0.6) is 5.75 Å². The van der Waals surface area contributed by atoms with Gasteiger partial charge in [0.2, 0.25) is 0 Å². The van der Waals surface area contributed by atoms with Crippen molar-refractivity contribution in [1.29, 1.82) is 5.26 Å². The highest BCUT2D eigenvalue weighted by atomic mass is 35.5. The number of esters is 1. The third kappa shape index (κ3) is 4.60.